The number of alkyl halides is 2. The van der Waals surface area contributed by atoms with Crippen molar-refractivity contribution in [1.29, 1.82) is 10.5 Å². The van der Waals surface area contributed by atoms with Crippen molar-refractivity contribution in [2.24, 2.45) is 0 Å². The predicted molar refractivity (Wildman–Crippen MR) is 253 cm³/mol. The molecule has 10 rings (SSSR count). The van der Waals surface area contributed by atoms with Gasteiger partial charge in [0.25, 0.3) is 11.8 Å². The van der Waals surface area contributed by atoms with Gasteiger partial charge in [0.2, 0.25) is 5.89 Å². The number of nitrogens with two attached hydrogens (primary N) is 1. The Kier molecular flexibility index (Phi) is 13.0. The van der Waals surface area contributed by atoms with Gasteiger partial charge in [-0.15, -0.1) is 10.2 Å². The van der Waals surface area contributed by atoms with Crippen LogP contribution in [-0.4, -0.2) is 80.3 Å². The smallest absolute Gasteiger partial charge is 0.335 e. The maximum absolute atomic E-state index is 15.7. The number of aromatic nitrogens is 5. The van der Waals surface area contributed by atoms with Gasteiger partial charge >= 0.3 is 12.0 Å². The number of anilines is 1. The lowest BCUT2D eigenvalue weighted by Gasteiger charge is -2.37. The molecule has 69 heavy (non-hydrogen) atoms. The minimum Gasteiger partial charge on any atom is -0.466 e. The number of carbonyl (C=O) groups excluding carboxylic acids is 2. The van der Waals surface area contributed by atoms with Crippen LogP contribution >= 0.6 is 0 Å². The fraction of sp³-hybridized carbons (Fsp3) is 0.396. The van der Waals surface area contributed by atoms with Crippen LogP contribution in [0.15, 0.2) is 77.2 Å². The molecule has 4 fully saturated rings. The first-order valence-electron chi connectivity index (χ1n) is 23.7. The van der Waals surface area contributed by atoms with Crippen molar-refractivity contribution in [3.05, 3.63) is 128 Å². The average Bonchev–Trinajstić information content (AvgIpc) is 4.33. The van der Waals surface area contributed by atoms with Crippen LogP contribution in [0.5, 0.6) is 6.01 Å². The van der Waals surface area contributed by atoms with Crippen molar-refractivity contribution in [2.45, 2.75) is 101 Å². The summed E-state index contributed by atoms with van der Waals surface area (Å²) in [6, 6.07) is 25.6. The first-order chi connectivity index (χ1) is 33.4. The molecule has 354 valence electrons. The van der Waals surface area contributed by atoms with Crippen molar-refractivity contribution in [1.82, 2.24) is 35.2 Å². The Labute approximate surface area is 399 Å². The molecule has 16 heteroatoms. The van der Waals surface area contributed by atoms with Gasteiger partial charge in [-0.2, -0.15) is 15.5 Å². The number of aryl methyl sites for hydroxylation is 2. The third kappa shape index (κ3) is 9.66. The number of aromatic amines is 1. The molecule has 2 saturated carbocycles. The Morgan fingerprint density at radius 1 is 0.739 bits per heavy atom. The topological polar surface area (TPSA) is 204 Å². The largest absolute Gasteiger partial charge is 0.466 e. The molecule has 4 heterocycles. The molecule has 4 aliphatic rings. The van der Waals surface area contributed by atoms with E-state index in [-0.39, 0.29) is 49.5 Å². The van der Waals surface area contributed by atoms with Crippen molar-refractivity contribution < 1.29 is 27.5 Å². The normalized spacial score (nSPS) is 17.3. The second-order valence-electron chi connectivity index (χ2n) is 18.5. The summed E-state index contributed by atoms with van der Waals surface area (Å²) in [6.07, 6.45) is 6.71. The number of H-pyrrole nitrogens is 1. The van der Waals surface area contributed by atoms with E-state index in [0.717, 1.165) is 59.9 Å². The standard InChI is InChI=1S/C27H28FN5O2.C26H26FN5O2/c1-3-18-14-21(19-6-7-19)23(24-30-26(35-2)32-31-24)15-22(18)25(34)33-12-10-27(28,11-13-33)20-8-4-17(16-29)5-9-20;1-2-17-13-20(18-5-6-18)22(23-30-31-25(29)34-23)14-21(17)24(33)32-11-9-26(27,10-12-32)19-7-3-16(15-28)4-8-19/h4-5,8-9,14-15,19H,3,6-7,10-13H2,1-2H3,(H,30,31,32);3-4,7-8,13-14,18H,2,5-6,9-12H2,1H3,(H2,29,31). The maximum Gasteiger partial charge on any atom is 0.335 e. The first kappa shape index (κ1) is 46.6. The van der Waals surface area contributed by atoms with Crippen LogP contribution in [0.2, 0.25) is 0 Å². The first-order valence-corrected chi connectivity index (χ1v) is 23.7. The molecule has 0 atom stereocenters. The summed E-state index contributed by atoms with van der Waals surface area (Å²) in [4.78, 5) is 35.1. The molecule has 2 amide bonds. The van der Waals surface area contributed by atoms with E-state index in [1.54, 1.807) is 58.3 Å². The lowest BCUT2D eigenvalue weighted by atomic mass is 9.85. The summed E-state index contributed by atoms with van der Waals surface area (Å²) in [5.74, 6) is 1.59. The molecule has 0 bridgehead atoms. The number of nitrogens with zero attached hydrogens (tertiary/aromatic N) is 8. The quantitative estimate of drug-likeness (QED) is 0.125. The molecule has 2 aliphatic carbocycles. The molecule has 2 aliphatic heterocycles. The molecule has 14 nitrogen and oxygen atoms in total. The van der Waals surface area contributed by atoms with Crippen LogP contribution in [0.4, 0.5) is 14.8 Å². The van der Waals surface area contributed by atoms with E-state index >= 15 is 8.78 Å². The number of hydrogen-bond donors (Lipinski definition) is 2. The molecule has 0 unspecified atom stereocenters. The third-order valence-corrected chi connectivity index (χ3v) is 14.1. The second-order valence-corrected chi connectivity index (χ2v) is 18.5. The lowest BCUT2D eigenvalue weighted by Crippen LogP contribution is -2.43. The van der Waals surface area contributed by atoms with Gasteiger partial charge in [0.1, 0.15) is 11.3 Å². The number of hydrogen-bond acceptors (Lipinski definition) is 11. The number of nitriles is 2. The van der Waals surface area contributed by atoms with E-state index in [1.807, 2.05) is 26.0 Å². The van der Waals surface area contributed by atoms with Gasteiger partial charge < -0.3 is 24.7 Å². The summed E-state index contributed by atoms with van der Waals surface area (Å²) in [7, 11) is 1.52. The van der Waals surface area contributed by atoms with E-state index in [1.165, 1.54) is 12.7 Å². The zero-order chi connectivity index (χ0) is 48.5. The zero-order valence-corrected chi connectivity index (χ0v) is 39.0. The Morgan fingerprint density at radius 3 is 1.57 bits per heavy atom. The van der Waals surface area contributed by atoms with Gasteiger partial charge in [0.05, 0.1) is 30.4 Å². The molecular weight excluding hydrogens is 879 g/mol. The Hall–Kier alpha value is -7.46. The SMILES string of the molecule is CCc1cc(C2CC2)c(-c2nc(OC)n[nH]2)cc1C(=O)N1CCC(F)(c2ccc(C#N)cc2)CC1.CCc1cc(C2CC2)c(-c2nnc(N)o2)cc1C(=O)N1CCC(F)(c2ccc(C#N)cc2)CC1. The van der Waals surface area contributed by atoms with Crippen LogP contribution in [0.1, 0.15) is 142 Å². The highest BCUT2D eigenvalue weighted by atomic mass is 19.1. The Bertz CT molecular complexity index is 2950. The van der Waals surface area contributed by atoms with Crippen molar-refractivity contribution in [3.63, 3.8) is 0 Å². The number of likely N-dealkylation sites (tertiary alicyclic amines) is 2. The highest BCUT2D eigenvalue weighted by molar-refractivity contribution is 5.98. The molecule has 4 aromatic carbocycles. The highest BCUT2D eigenvalue weighted by Gasteiger charge is 2.40. The fourth-order valence-corrected chi connectivity index (χ4v) is 9.70. The summed E-state index contributed by atoms with van der Waals surface area (Å²) < 4.78 is 42.1. The summed E-state index contributed by atoms with van der Waals surface area (Å²) in [5, 5.41) is 32.8. The lowest BCUT2D eigenvalue weighted by molar-refractivity contribution is 0.0412. The van der Waals surface area contributed by atoms with Crippen LogP contribution in [0.25, 0.3) is 22.8 Å². The van der Waals surface area contributed by atoms with Crippen molar-refractivity contribution >= 4 is 17.8 Å². The third-order valence-electron chi connectivity index (χ3n) is 14.1. The Morgan fingerprint density at radius 2 is 1.19 bits per heavy atom. The van der Waals surface area contributed by atoms with Gasteiger partial charge in [-0.1, -0.05) is 55.3 Å². The van der Waals surface area contributed by atoms with Crippen molar-refractivity contribution in [3.8, 4) is 41.0 Å². The maximum atomic E-state index is 15.7. The number of rotatable bonds is 11. The zero-order valence-electron chi connectivity index (χ0n) is 39.0. The molecule has 6 aromatic rings. The van der Waals surface area contributed by atoms with Gasteiger partial charge in [0, 0.05) is 74.1 Å². The van der Waals surface area contributed by atoms with Gasteiger partial charge in [0.15, 0.2) is 5.82 Å². The number of ether oxygens (including phenoxy) is 1. The second kappa shape index (κ2) is 19.3. The minimum absolute atomic E-state index is 0.0117. The average molecular weight is 933 g/mol. The molecular formula is C53H54F2N10O4. The summed E-state index contributed by atoms with van der Waals surface area (Å²) >= 11 is 0. The number of nitrogen functional groups attached to an aromatic ring is 1. The molecule has 0 spiro atoms. The van der Waals surface area contributed by atoms with Crippen LogP contribution in [0, 0.1) is 22.7 Å². The number of carbonyl (C=O) groups is 2. The van der Waals surface area contributed by atoms with E-state index in [4.69, 9.17) is 25.4 Å². The number of amides is 2. The van der Waals surface area contributed by atoms with Gasteiger partial charge in [-0.3, -0.25) is 14.7 Å². The molecule has 2 saturated heterocycles. The van der Waals surface area contributed by atoms with Crippen molar-refractivity contribution in [2.75, 3.05) is 39.0 Å². The molecule has 0 radical (unpaired) electrons. The Balaban J connectivity index is 0.000000172. The molecule has 3 N–H and O–H groups in total. The number of benzene rings is 4. The highest BCUT2D eigenvalue weighted by Crippen LogP contribution is 2.47. The van der Waals surface area contributed by atoms with Gasteiger partial charge in [-0.05, 0) is 120 Å². The minimum atomic E-state index is -1.51. The summed E-state index contributed by atoms with van der Waals surface area (Å²) in [5.41, 5.74) is 11.9. The van der Waals surface area contributed by atoms with Crippen LogP contribution < -0.4 is 10.5 Å². The van der Waals surface area contributed by atoms with Gasteiger partial charge in [-0.25, -0.2) is 8.78 Å². The fourth-order valence-electron chi connectivity index (χ4n) is 9.70. The number of nitrogens with one attached hydrogen (secondary N) is 1. The van der Waals surface area contributed by atoms with E-state index in [9.17, 15) is 9.59 Å². The predicted octanol–water partition coefficient (Wildman–Crippen LogP) is 9.62. The number of methoxy groups -OCH3 is 1. The molecule has 2 aromatic heterocycles. The number of halogens is 2. The van der Waals surface area contributed by atoms with E-state index in [2.05, 4.69) is 49.6 Å². The van der Waals surface area contributed by atoms with Crippen LogP contribution in [0.3, 0.4) is 0 Å². The number of piperidine rings is 2. The monoisotopic (exact) mass is 932 g/mol. The summed E-state index contributed by atoms with van der Waals surface area (Å²) in [6.45, 7) is 5.36. The van der Waals surface area contributed by atoms with E-state index in [0.29, 0.717) is 89.5 Å². The van der Waals surface area contributed by atoms with E-state index < -0.39 is 11.3 Å². The van der Waals surface area contributed by atoms with Crippen LogP contribution in [-0.2, 0) is 24.2 Å².